The molecule has 0 saturated carbocycles. The molecular weight excluding hydrogens is 266 g/mol. The fourth-order valence-corrected chi connectivity index (χ4v) is 2.24. The number of hydrogen-bond acceptors (Lipinski definition) is 3. The number of pyridine rings is 1. The molecule has 0 fully saturated rings. The van der Waals surface area contributed by atoms with Crippen molar-refractivity contribution in [1.29, 1.82) is 0 Å². The number of amides is 1. The Morgan fingerprint density at radius 1 is 1.43 bits per heavy atom. The molecule has 0 radical (unpaired) electrons. The second-order valence-electron chi connectivity index (χ2n) is 5.11. The summed E-state index contributed by atoms with van der Waals surface area (Å²) in [7, 11) is 0. The van der Waals surface area contributed by atoms with E-state index in [0.29, 0.717) is 18.7 Å². The van der Waals surface area contributed by atoms with Gasteiger partial charge in [0.15, 0.2) is 0 Å². The summed E-state index contributed by atoms with van der Waals surface area (Å²) in [5.74, 6) is -0.310. The zero-order valence-corrected chi connectivity index (χ0v) is 12.6. The third kappa shape index (κ3) is 2.86. The average Bonchev–Trinajstić information content (AvgIpc) is 2.44. The molecule has 2 aromatic heterocycles. The monoisotopic (exact) mass is 285 g/mol. The van der Waals surface area contributed by atoms with E-state index in [4.69, 9.17) is 0 Å². The minimum atomic E-state index is -0.330. The second-order valence-corrected chi connectivity index (χ2v) is 5.11. The number of likely N-dealkylation sites (N-methyl/N-ethyl adjacent to an activating group) is 1. The van der Waals surface area contributed by atoms with Crippen molar-refractivity contribution < 1.29 is 4.79 Å². The number of carbonyl (C=O) groups excluding carboxylic acids is 1. The summed E-state index contributed by atoms with van der Waals surface area (Å²) < 4.78 is 1.46. The van der Waals surface area contributed by atoms with Gasteiger partial charge in [0.1, 0.15) is 11.2 Å². The van der Waals surface area contributed by atoms with Gasteiger partial charge in [-0.05, 0) is 32.9 Å². The molecule has 0 aromatic carbocycles. The van der Waals surface area contributed by atoms with E-state index in [0.717, 1.165) is 11.3 Å². The number of aryl methyl sites for hydroxylation is 1. The maximum absolute atomic E-state index is 12.5. The Morgan fingerprint density at radius 2 is 2.14 bits per heavy atom. The molecule has 2 rings (SSSR count). The molecule has 1 amide bonds. The van der Waals surface area contributed by atoms with Crippen LogP contribution in [0.25, 0.3) is 5.65 Å². The molecule has 2 aromatic rings. The Kier molecular flexibility index (Phi) is 4.21. The van der Waals surface area contributed by atoms with Crippen LogP contribution in [0, 0.1) is 6.92 Å². The Bertz CT molecular complexity index is 762. The molecule has 0 aliphatic carbocycles. The first-order valence-corrected chi connectivity index (χ1v) is 6.86. The van der Waals surface area contributed by atoms with Crippen LogP contribution < -0.4 is 5.56 Å². The van der Waals surface area contributed by atoms with Crippen LogP contribution in [0.5, 0.6) is 0 Å². The fraction of sp³-hybridized carbons (Fsp3) is 0.312. The van der Waals surface area contributed by atoms with Crippen molar-refractivity contribution in [3.05, 3.63) is 58.2 Å². The molecule has 0 N–H and O–H groups in total. The van der Waals surface area contributed by atoms with Crippen LogP contribution in [-0.4, -0.2) is 33.3 Å². The van der Waals surface area contributed by atoms with Crippen LogP contribution in [0.3, 0.4) is 0 Å². The predicted molar refractivity (Wildman–Crippen MR) is 82.6 cm³/mol. The normalized spacial score (nSPS) is 10.6. The molecule has 0 spiro atoms. The molecule has 0 aliphatic rings. The Labute approximate surface area is 123 Å². The molecule has 0 aliphatic heterocycles. The van der Waals surface area contributed by atoms with Crippen LogP contribution >= 0.6 is 0 Å². The van der Waals surface area contributed by atoms with Gasteiger partial charge in [0.2, 0.25) is 0 Å². The lowest BCUT2D eigenvalue weighted by Gasteiger charge is -2.20. The van der Waals surface area contributed by atoms with Gasteiger partial charge in [-0.2, -0.15) is 0 Å². The second kappa shape index (κ2) is 5.91. The number of rotatable bonds is 4. The van der Waals surface area contributed by atoms with Crippen LogP contribution in [0.2, 0.25) is 0 Å². The fourth-order valence-electron chi connectivity index (χ4n) is 2.24. The third-order valence-electron chi connectivity index (χ3n) is 3.28. The van der Waals surface area contributed by atoms with Gasteiger partial charge in [-0.25, -0.2) is 4.98 Å². The van der Waals surface area contributed by atoms with Gasteiger partial charge in [-0.15, -0.1) is 0 Å². The molecule has 5 nitrogen and oxygen atoms in total. The molecule has 0 saturated heterocycles. The zero-order chi connectivity index (χ0) is 15.6. The quantitative estimate of drug-likeness (QED) is 0.808. The van der Waals surface area contributed by atoms with Gasteiger partial charge in [-0.1, -0.05) is 18.2 Å². The SMILES string of the molecule is C=C(C)CN(CC)C(=O)c1cnc2cccc(C)n2c1=O. The van der Waals surface area contributed by atoms with E-state index in [2.05, 4.69) is 11.6 Å². The lowest BCUT2D eigenvalue weighted by atomic mass is 10.2. The van der Waals surface area contributed by atoms with Gasteiger partial charge in [0.25, 0.3) is 11.5 Å². The van der Waals surface area contributed by atoms with E-state index in [1.54, 1.807) is 11.0 Å². The first-order chi connectivity index (χ1) is 9.95. The Balaban J connectivity index is 2.54. The molecule has 0 unspecified atom stereocenters. The van der Waals surface area contributed by atoms with Crippen LogP contribution in [0.1, 0.15) is 29.9 Å². The highest BCUT2D eigenvalue weighted by Gasteiger charge is 2.19. The summed E-state index contributed by atoms with van der Waals surface area (Å²) >= 11 is 0. The van der Waals surface area contributed by atoms with Crippen molar-refractivity contribution in [3.8, 4) is 0 Å². The number of hydrogen-bond donors (Lipinski definition) is 0. The first kappa shape index (κ1) is 15.0. The molecule has 0 bridgehead atoms. The summed E-state index contributed by atoms with van der Waals surface area (Å²) in [6.45, 7) is 10.3. The summed E-state index contributed by atoms with van der Waals surface area (Å²) in [6.07, 6.45) is 1.36. The number of carbonyl (C=O) groups is 1. The van der Waals surface area contributed by atoms with Gasteiger partial charge in [0, 0.05) is 25.0 Å². The smallest absolute Gasteiger partial charge is 0.270 e. The summed E-state index contributed by atoms with van der Waals surface area (Å²) in [5, 5.41) is 0. The molecule has 5 heteroatoms. The van der Waals surface area contributed by atoms with Crippen LogP contribution in [0.15, 0.2) is 41.3 Å². The topological polar surface area (TPSA) is 54.7 Å². The highest BCUT2D eigenvalue weighted by atomic mass is 16.2. The minimum absolute atomic E-state index is 0.0879. The lowest BCUT2D eigenvalue weighted by molar-refractivity contribution is 0.0776. The van der Waals surface area contributed by atoms with Crippen molar-refractivity contribution >= 4 is 11.6 Å². The highest BCUT2D eigenvalue weighted by Crippen LogP contribution is 2.06. The van der Waals surface area contributed by atoms with Crippen molar-refractivity contribution in [2.24, 2.45) is 0 Å². The molecule has 2 heterocycles. The maximum atomic E-state index is 12.5. The molecule has 21 heavy (non-hydrogen) atoms. The molecule has 110 valence electrons. The summed E-state index contributed by atoms with van der Waals surface area (Å²) in [6, 6.07) is 5.39. The van der Waals surface area contributed by atoms with Gasteiger partial charge < -0.3 is 4.90 Å². The standard InChI is InChI=1S/C16H19N3O2/c1-5-18(10-11(2)3)15(20)13-9-17-14-8-6-7-12(4)19(14)16(13)21/h6-9H,2,5,10H2,1,3-4H3. The maximum Gasteiger partial charge on any atom is 0.270 e. The van der Waals surface area contributed by atoms with E-state index in [-0.39, 0.29) is 17.0 Å². The lowest BCUT2D eigenvalue weighted by Crippen LogP contribution is -2.37. The molecular formula is C16H19N3O2. The van der Waals surface area contributed by atoms with Crippen molar-refractivity contribution in [2.75, 3.05) is 13.1 Å². The third-order valence-corrected chi connectivity index (χ3v) is 3.28. The zero-order valence-electron chi connectivity index (χ0n) is 12.6. The van der Waals surface area contributed by atoms with E-state index < -0.39 is 0 Å². The number of fused-ring (bicyclic) bond motifs is 1. The largest absolute Gasteiger partial charge is 0.335 e. The average molecular weight is 285 g/mol. The van der Waals surface area contributed by atoms with Gasteiger partial charge in [-0.3, -0.25) is 14.0 Å². The summed E-state index contributed by atoms with van der Waals surface area (Å²) in [4.78, 5) is 30.9. The van der Waals surface area contributed by atoms with Crippen molar-refractivity contribution in [2.45, 2.75) is 20.8 Å². The molecule has 0 atom stereocenters. The van der Waals surface area contributed by atoms with Crippen LogP contribution in [0.4, 0.5) is 0 Å². The van der Waals surface area contributed by atoms with E-state index in [1.165, 1.54) is 10.6 Å². The van der Waals surface area contributed by atoms with E-state index in [1.807, 2.05) is 32.9 Å². The number of aromatic nitrogens is 2. The Hall–Kier alpha value is -2.43. The highest BCUT2D eigenvalue weighted by molar-refractivity contribution is 5.94. The first-order valence-electron chi connectivity index (χ1n) is 6.86. The van der Waals surface area contributed by atoms with E-state index in [9.17, 15) is 9.59 Å². The van der Waals surface area contributed by atoms with Gasteiger partial charge in [0.05, 0.1) is 0 Å². The summed E-state index contributed by atoms with van der Waals surface area (Å²) in [5.41, 5.74) is 1.92. The van der Waals surface area contributed by atoms with Crippen molar-refractivity contribution in [3.63, 3.8) is 0 Å². The Morgan fingerprint density at radius 3 is 2.76 bits per heavy atom. The van der Waals surface area contributed by atoms with Crippen LogP contribution in [-0.2, 0) is 0 Å². The van der Waals surface area contributed by atoms with Crippen molar-refractivity contribution in [1.82, 2.24) is 14.3 Å². The van der Waals surface area contributed by atoms with E-state index >= 15 is 0 Å². The minimum Gasteiger partial charge on any atom is -0.335 e. The van der Waals surface area contributed by atoms with Gasteiger partial charge >= 0.3 is 0 Å². The number of nitrogens with zero attached hydrogens (tertiary/aromatic N) is 3. The predicted octanol–water partition coefficient (Wildman–Crippen LogP) is 2.04.